The molecule has 2 aromatic rings. The summed E-state index contributed by atoms with van der Waals surface area (Å²) in [6.45, 7) is 5.45. The molecule has 0 aliphatic carbocycles. The van der Waals surface area contributed by atoms with Crippen LogP contribution in [0.4, 0.5) is 5.69 Å². The molecule has 3 rings (SSSR count). The van der Waals surface area contributed by atoms with Gasteiger partial charge in [0.25, 0.3) is 0 Å². The maximum absolute atomic E-state index is 9.41. The number of nitriles is 1. The van der Waals surface area contributed by atoms with E-state index in [0.29, 0.717) is 22.5 Å². The Balaban J connectivity index is 2.26. The summed E-state index contributed by atoms with van der Waals surface area (Å²) in [5, 5.41) is 11.1. The SMILES string of the molecule is CC1CCN(c2c(C#N)cnc3ccc(Cl)cc23)C1C. The molecule has 0 radical (unpaired) electrons. The van der Waals surface area contributed by atoms with Crippen LogP contribution in [0.15, 0.2) is 24.4 Å². The first-order valence-corrected chi connectivity index (χ1v) is 7.24. The van der Waals surface area contributed by atoms with Crippen molar-refractivity contribution in [3.63, 3.8) is 0 Å². The van der Waals surface area contributed by atoms with Gasteiger partial charge in [-0.3, -0.25) is 4.98 Å². The van der Waals surface area contributed by atoms with Gasteiger partial charge in [-0.1, -0.05) is 18.5 Å². The van der Waals surface area contributed by atoms with Crippen molar-refractivity contribution < 1.29 is 0 Å². The smallest absolute Gasteiger partial charge is 0.103 e. The lowest BCUT2D eigenvalue weighted by molar-refractivity contribution is 0.546. The summed E-state index contributed by atoms with van der Waals surface area (Å²) in [6.07, 6.45) is 2.82. The van der Waals surface area contributed by atoms with Gasteiger partial charge in [0, 0.05) is 29.2 Å². The summed E-state index contributed by atoms with van der Waals surface area (Å²) in [5.74, 6) is 0.629. The molecule has 3 nitrogen and oxygen atoms in total. The van der Waals surface area contributed by atoms with E-state index in [-0.39, 0.29) is 0 Å². The van der Waals surface area contributed by atoms with E-state index in [1.165, 1.54) is 0 Å². The van der Waals surface area contributed by atoms with Crippen molar-refractivity contribution in [1.82, 2.24) is 4.98 Å². The van der Waals surface area contributed by atoms with Crippen LogP contribution < -0.4 is 4.90 Å². The van der Waals surface area contributed by atoms with Crippen molar-refractivity contribution in [3.05, 3.63) is 35.0 Å². The number of pyridine rings is 1. The fourth-order valence-corrected chi connectivity index (χ4v) is 3.12. The molecule has 1 aliphatic heterocycles. The van der Waals surface area contributed by atoms with Gasteiger partial charge in [-0.05, 0) is 37.5 Å². The summed E-state index contributed by atoms with van der Waals surface area (Å²) < 4.78 is 0. The zero-order valence-electron chi connectivity index (χ0n) is 11.6. The van der Waals surface area contributed by atoms with Crippen LogP contribution in [0.25, 0.3) is 10.9 Å². The molecule has 0 bridgehead atoms. The Morgan fingerprint density at radius 3 is 2.85 bits per heavy atom. The molecule has 0 saturated carbocycles. The second-order valence-corrected chi connectivity index (χ2v) is 5.93. The fraction of sp³-hybridized carbons (Fsp3) is 0.375. The molecule has 1 aromatic carbocycles. The van der Waals surface area contributed by atoms with Crippen LogP contribution in [-0.2, 0) is 0 Å². The highest BCUT2D eigenvalue weighted by Gasteiger charge is 2.30. The molecule has 1 aliphatic rings. The van der Waals surface area contributed by atoms with Gasteiger partial charge in [-0.2, -0.15) is 5.26 Å². The highest BCUT2D eigenvalue weighted by Crippen LogP contribution is 2.37. The van der Waals surface area contributed by atoms with Crippen LogP contribution in [0.2, 0.25) is 5.02 Å². The Morgan fingerprint density at radius 2 is 2.20 bits per heavy atom. The van der Waals surface area contributed by atoms with Crippen molar-refractivity contribution >= 4 is 28.2 Å². The van der Waals surface area contributed by atoms with Gasteiger partial charge >= 0.3 is 0 Å². The molecule has 2 atom stereocenters. The number of anilines is 1. The van der Waals surface area contributed by atoms with Crippen molar-refractivity contribution in [1.29, 1.82) is 5.26 Å². The predicted octanol–water partition coefficient (Wildman–Crippen LogP) is 3.99. The summed E-state index contributed by atoms with van der Waals surface area (Å²) in [4.78, 5) is 6.68. The Labute approximate surface area is 123 Å². The van der Waals surface area contributed by atoms with Gasteiger partial charge in [-0.15, -0.1) is 0 Å². The predicted molar refractivity (Wildman–Crippen MR) is 82.1 cm³/mol. The number of aromatic nitrogens is 1. The van der Waals surface area contributed by atoms with Crippen molar-refractivity contribution in [2.75, 3.05) is 11.4 Å². The molecule has 2 heterocycles. The molecule has 1 aromatic heterocycles. The van der Waals surface area contributed by atoms with E-state index >= 15 is 0 Å². The van der Waals surface area contributed by atoms with Gasteiger partial charge in [0.1, 0.15) is 6.07 Å². The number of halogens is 1. The lowest BCUT2D eigenvalue weighted by Gasteiger charge is -2.27. The van der Waals surface area contributed by atoms with Gasteiger partial charge in [0.05, 0.1) is 16.8 Å². The van der Waals surface area contributed by atoms with Crippen molar-refractivity contribution in [2.45, 2.75) is 26.3 Å². The number of benzene rings is 1. The topological polar surface area (TPSA) is 39.9 Å². The minimum absolute atomic E-state index is 0.423. The fourth-order valence-electron chi connectivity index (χ4n) is 2.95. The Bertz CT molecular complexity index is 705. The van der Waals surface area contributed by atoms with E-state index in [2.05, 4.69) is 29.8 Å². The van der Waals surface area contributed by atoms with E-state index in [1.54, 1.807) is 6.20 Å². The number of hydrogen-bond acceptors (Lipinski definition) is 3. The highest BCUT2D eigenvalue weighted by atomic mass is 35.5. The lowest BCUT2D eigenvalue weighted by atomic mass is 10.0. The molecule has 1 saturated heterocycles. The standard InChI is InChI=1S/C16H16ClN3/c1-10-5-6-20(11(10)2)16-12(8-18)9-19-15-4-3-13(17)7-14(15)16/h3-4,7,9-11H,5-6H2,1-2H3. The third-order valence-electron chi connectivity index (χ3n) is 4.35. The normalized spacial score (nSPS) is 22.2. The van der Waals surface area contributed by atoms with E-state index in [4.69, 9.17) is 11.6 Å². The molecular formula is C16H16ClN3. The quantitative estimate of drug-likeness (QED) is 0.795. The van der Waals surface area contributed by atoms with Crippen LogP contribution in [0.1, 0.15) is 25.8 Å². The Kier molecular flexibility index (Phi) is 3.27. The molecule has 0 amide bonds. The highest BCUT2D eigenvalue weighted by molar-refractivity contribution is 6.31. The minimum Gasteiger partial charge on any atom is -0.367 e. The molecule has 102 valence electrons. The number of fused-ring (bicyclic) bond motifs is 1. The average Bonchev–Trinajstić information content (AvgIpc) is 2.77. The van der Waals surface area contributed by atoms with Crippen LogP contribution in [-0.4, -0.2) is 17.6 Å². The van der Waals surface area contributed by atoms with Gasteiger partial charge < -0.3 is 4.90 Å². The maximum Gasteiger partial charge on any atom is 0.103 e. The summed E-state index contributed by atoms with van der Waals surface area (Å²) >= 11 is 6.13. The van der Waals surface area contributed by atoms with E-state index in [9.17, 15) is 5.26 Å². The third kappa shape index (κ3) is 2.01. The third-order valence-corrected chi connectivity index (χ3v) is 4.58. The van der Waals surface area contributed by atoms with Crippen LogP contribution in [0.3, 0.4) is 0 Å². The Hall–Kier alpha value is -1.79. The van der Waals surface area contributed by atoms with Crippen LogP contribution in [0, 0.1) is 17.2 Å². The van der Waals surface area contributed by atoms with E-state index < -0.39 is 0 Å². The van der Waals surface area contributed by atoms with Gasteiger partial charge in [0.2, 0.25) is 0 Å². The second-order valence-electron chi connectivity index (χ2n) is 5.49. The van der Waals surface area contributed by atoms with Crippen LogP contribution in [0.5, 0.6) is 0 Å². The zero-order valence-corrected chi connectivity index (χ0v) is 12.4. The first kappa shape index (κ1) is 13.2. The zero-order chi connectivity index (χ0) is 14.3. The molecule has 1 fully saturated rings. The summed E-state index contributed by atoms with van der Waals surface area (Å²) in [6, 6.07) is 8.35. The largest absolute Gasteiger partial charge is 0.367 e. The van der Waals surface area contributed by atoms with Crippen molar-refractivity contribution in [2.24, 2.45) is 5.92 Å². The molecule has 2 unspecified atom stereocenters. The first-order valence-electron chi connectivity index (χ1n) is 6.87. The lowest BCUT2D eigenvalue weighted by Crippen LogP contribution is -2.30. The maximum atomic E-state index is 9.41. The van der Waals surface area contributed by atoms with E-state index in [1.807, 2.05) is 18.2 Å². The van der Waals surface area contributed by atoms with E-state index in [0.717, 1.165) is 29.6 Å². The second kappa shape index (κ2) is 4.96. The van der Waals surface area contributed by atoms with Gasteiger partial charge in [-0.25, -0.2) is 0 Å². The molecule has 4 heteroatoms. The summed E-state index contributed by atoms with van der Waals surface area (Å²) in [7, 11) is 0. The number of nitrogens with zero attached hydrogens (tertiary/aromatic N) is 3. The summed E-state index contributed by atoms with van der Waals surface area (Å²) in [5.41, 5.74) is 2.49. The van der Waals surface area contributed by atoms with Crippen LogP contribution >= 0.6 is 11.6 Å². The molecule has 20 heavy (non-hydrogen) atoms. The molecule has 0 spiro atoms. The first-order chi connectivity index (χ1) is 9.61. The number of rotatable bonds is 1. The molecular weight excluding hydrogens is 270 g/mol. The molecule has 0 N–H and O–H groups in total. The number of hydrogen-bond donors (Lipinski definition) is 0. The Morgan fingerprint density at radius 1 is 1.40 bits per heavy atom. The van der Waals surface area contributed by atoms with Gasteiger partial charge in [0.15, 0.2) is 0 Å². The van der Waals surface area contributed by atoms with Crippen molar-refractivity contribution in [3.8, 4) is 6.07 Å². The minimum atomic E-state index is 0.423. The monoisotopic (exact) mass is 285 g/mol. The average molecular weight is 286 g/mol.